The second-order valence-corrected chi connectivity index (χ2v) is 5.23. The zero-order valence-corrected chi connectivity index (χ0v) is 12.2. The average Bonchev–Trinajstić information content (AvgIpc) is 2.84. The quantitative estimate of drug-likeness (QED) is 0.656. The standard InChI is InChI=1S/C16H19FN2O3/c17-12-5-6-13-11(10-19-14(13)9-12)8-15(20)18-7-3-1-2-4-16(21)22/h5-6,9-10,19H,1-4,7-8H2,(H,18,20)(H,21,22). The molecule has 0 unspecified atom stereocenters. The van der Waals surface area contributed by atoms with Gasteiger partial charge in [0.15, 0.2) is 0 Å². The molecule has 0 aliphatic rings. The van der Waals surface area contributed by atoms with Crippen molar-refractivity contribution < 1.29 is 19.1 Å². The summed E-state index contributed by atoms with van der Waals surface area (Å²) in [7, 11) is 0. The van der Waals surface area contributed by atoms with Crippen LogP contribution in [0.3, 0.4) is 0 Å². The number of H-pyrrole nitrogens is 1. The molecule has 0 atom stereocenters. The van der Waals surface area contributed by atoms with Crippen LogP contribution in [0.4, 0.5) is 4.39 Å². The van der Waals surface area contributed by atoms with Gasteiger partial charge in [0.25, 0.3) is 0 Å². The summed E-state index contributed by atoms with van der Waals surface area (Å²) in [5, 5.41) is 12.2. The maximum atomic E-state index is 13.1. The van der Waals surface area contributed by atoms with Gasteiger partial charge in [-0.25, -0.2) is 4.39 Å². The normalized spacial score (nSPS) is 10.8. The fourth-order valence-corrected chi connectivity index (χ4v) is 2.35. The van der Waals surface area contributed by atoms with E-state index in [4.69, 9.17) is 5.11 Å². The number of nitrogens with one attached hydrogen (secondary N) is 2. The minimum Gasteiger partial charge on any atom is -0.481 e. The number of amides is 1. The van der Waals surface area contributed by atoms with Crippen molar-refractivity contribution in [1.29, 1.82) is 0 Å². The van der Waals surface area contributed by atoms with Crippen LogP contribution in [0.25, 0.3) is 10.9 Å². The molecule has 1 heterocycles. The minimum atomic E-state index is -0.792. The largest absolute Gasteiger partial charge is 0.481 e. The van der Waals surface area contributed by atoms with E-state index in [0.29, 0.717) is 18.5 Å². The van der Waals surface area contributed by atoms with E-state index in [0.717, 1.165) is 23.8 Å². The van der Waals surface area contributed by atoms with Crippen LogP contribution in [0.5, 0.6) is 0 Å². The Morgan fingerprint density at radius 1 is 1.23 bits per heavy atom. The van der Waals surface area contributed by atoms with Gasteiger partial charge >= 0.3 is 5.97 Å². The van der Waals surface area contributed by atoms with Crippen LogP contribution in [0, 0.1) is 5.82 Å². The minimum absolute atomic E-state index is 0.0940. The van der Waals surface area contributed by atoms with Crippen molar-refractivity contribution in [2.75, 3.05) is 6.54 Å². The Morgan fingerprint density at radius 3 is 2.82 bits per heavy atom. The van der Waals surface area contributed by atoms with E-state index in [1.165, 1.54) is 12.1 Å². The molecule has 118 valence electrons. The van der Waals surface area contributed by atoms with Crippen LogP contribution in [-0.4, -0.2) is 28.5 Å². The monoisotopic (exact) mass is 306 g/mol. The lowest BCUT2D eigenvalue weighted by Gasteiger charge is -2.04. The number of carbonyl (C=O) groups is 2. The molecule has 2 rings (SSSR count). The molecule has 22 heavy (non-hydrogen) atoms. The zero-order chi connectivity index (χ0) is 15.9. The third-order valence-corrected chi connectivity index (χ3v) is 3.47. The number of aromatic amines is 1. The van der Waals surface area contributed by atoms with E-state index in [1.54, 1.807) is 12.3 Å². The molecule has 0 radical (unpaired) electrons. The maximum Gasteiger partial charge on any atom is 0.303 e. The number of aromatic nitrogens is 1. The molecule has 0 saturated heterocycles. The molecule has 1 aromatic heterocycles. The third-order valence-electron chi connectivity index (χ3n) is 3.47. The van der Waals surface area contributed by atoms with Crippen LogP contribution < -0.4 is 5.32 Å². The Bertz CT molecular complexity index is 666. The summed E-state index contributed by atoms with van der Waals surface area (Å²) in [6.45, 7) is 0.537. The number of carbonyl (C=O) groups excluding carboxylic acids is 1. The van der Waals surface area contributed by atoms with Crippen molar-refractivity contribution in [3.8, 4) is 0 Å². The molecule has 1 amide bonds. The van der Waals surface area contributed by atoms with E-state index in [9.17, 15) is 14.0 Å². The molecule has 1 aromatic carbocycles. The van der Waals surface area contributed by atoms with E-state index < -0.39 is 5.97 Å². The van der Waals surface area contributed by atoms with Crippen LogP contribution >= 0.6 is 0 Å². The smallest absolute Gasteiger partial charge is 0.303 e. The third kappa shape index (κ3) is 4.58. The number of carboxylic acids is 1. The first-order valence-electron chi connectivity index (χ1n) is 7.30. The first kappa shape index (κ1) is 16.0. The van der Waals surface area contributed by atoms with Crippen molar-refractivity contribution >= 4 is 22.8 Å². The van der Waals surface area contributed by atoms with Crippen LogP contribution in [-0.2, 0) is 16.0 Å². The number of carboxylic acid groups (broad SMARTS) is 1. The van der Waals surface area contributed by atoms with Crippen molar-refractivity contribution in [3.63, 3.8) is 0 Å². The van der Waals surface area contributed by atoms with Gasteiger partial charge in [-0.1, -0.05) is 6.42 Å². The number of rotatable bonds is 8. The summed E-state index contributed by atoms with van der Waals surface area (Å²) in [5.41, 5.74) is 1.51. The SMILES string of the molecule is O=C(O)CCCCCNC(=O)Cc1c[nH]c2cc(F)ccc12. The van der Waals surface area contributed by atoms with Crippen molar-refractivity contribution in [2.45, 2.75) is 32.1 Å². The van der Waals surface area contributed by atoms with Gasteiger partial charge in [0, 0.05) is 30.1 Å². The van der Waals surface area contributed by atoms with E-state index in [1.807, 2.05) is 0 Å². The van der Waals surface area contributed by atoms with Crippen LogP contribution in [0.15, 0.2) is 24.4 Å². The molecule has 0 bridgehead atoms. The highest BCUT2D eigenvalue weighted by atomic mass is 19.1. The molecule has 0 fully saturated rings. The number of fused-ring (bicyclic) bond motifs is 1. The summed E-state index contributed by atoms with van der Waals surface area (Å²) >= 11 is 0. The van der Waals surface area contributed by atoms with E-state index in [2.05, 4.69) is 10.3 Å². The van der Waals surface area contributed by atoms with Gasteiger partial charge in [-0.05, 0) is 36.6 Å². The van der Waals surface area contributed by atoms with Gasteiger partial charge in [0.2, 0.25) is 5.91 Å². The molecule has 2 aromatic rings. The Balaban J connectivity index is 1.75. The first-order valence-corrected chi connectivity index (χ1v) is 7.30. The van der Waals surface area contributed by atoms with Crippen LogP contribution in [0.2, 0.25) is 0 Å². The fourth-order valence-electron chi connectivity index (χ4n) is 2.35. The number of halogens is 1. The van der Waals surface area contributed by atoms with E-state index >= 15 is 0 Å². The highest BCUT2D eigenvalue weighted by Gasteiger charge is 2.09. The number of aliphatic carboxylic acids is 1. The lowest BCUT2D eigenvalue weighted by Crippen LogP contribution is -2.26. The van der Waals surface area contributed by atoms with Crippen molar-refractivity contribution in [3.05, 3.63) is 35.8 Å². The molecule has 0 aliphatic heterocycles. The topological polar surface area (TPSA) is 82.2 Å². The lowest BCUT2D eigenvalue weighted by atomic mass is 10.1. The summed E-state index contributed by atoms with van der Waals surface area (Å²) in [6, 6.07) is 4.44. The summed E-state index contributed by atoms with van der Waals surface area (Å²) in [5.74, 6) is -1.20. The van der Waals surface area contributed by atoms with Gasteiger partial charge in [-0.15, -0.1) is 0 Å². The molecule has 0 saturated carbocycles. The molecular formula is C16H19FN2O3. The van der Waals surface area contributed by atoms with Gasteiger partial charge in [0.05, 0.1) is 6.42 Å². The summed E-state index contributed by atoms with van der Waals surface area (Å²) < 4.78 is 13.1. The van der Waals surface area contributed by atoms with Gasteiger partial charge in [-0.2, -0.15) is 0 Å². The van der Waals surface area contributed by atoms with Crippen molar-refractivity contribution in [2.24, 2.45) is 0 Å². The molecule has 3 N–H and O–H groups in total. The second kappa shape index (κ2) is 7.59. The van der Waals surface area contributed by atoms with Gasteiger partial charge in [-0.3, -0.25) is 9.59 Å². The lowest BCUT2D eigenvalue weighted by molar-refractivity contribution is -0.137. The Labute approximate surface area is 127 Å². The number of hydrogen-bond donors (Lipinski definition) is 3. The van der Waals surface area contributed by atoms with E-state index in [-0.39, 0.29) is 24.6 Å². The number of hydrogen-bond acceptors (Lipinski definition) is 2. The molecule has 6 heteroatoms. The summed E-state index contributed by atoms with van der Waals surface area (Å²) in [4.78, 5) is 25.2. The predicted octanol–water partition coefficient (Wildman–Crippen LogP) is 2.61. The Kier molecular flexibility index (Phi) is 5.52. The number of unbranched alkanes of at least 4 members (excludes halogenated alkanes) is 2. The molecule has 0 aliphatic carbocycles. The van der Waals surface area contributed by atoms with Gasteiger partial charge in [0.1, 0.15) is 5.82 Å². The average molecular weight is 306 g/mol. The van der Waals surface area contributed by atoms with Gasteiger partial charge < -0.3 is 15.4 Å². The first-order chi connectivity index (χ1) is 10.6. The number of benzene rings is 1. The highest BCUT2D eigenvalue weighted by Crippen LogP contribution is 2.19. The fraction of sp³-hybridized carbons (Fsp3) is 0.375. The molecular weight excluding hydrogens is 287 g/mol. The predicted molar refractivity (Wildman–Crippen MR) is 81.1 cm³/mol. The van der Waals surface area contributed by atoms with Crippen LogP contribution in [0.1, 0.15) is 31.2 Å². The summed E-state index contributed by atoms with van der Waals surface area (Å²) in [6.07, 6.45) is 4.29. The highest BCUT2D eigenvalue weighted by molar-refractivity contribution is 5.88. The van der Waals surface area contributed by atoms with Crippen molar-refractivity contribution in [1.82, 2.24) is 10.3 Å². The Hall–Kier alpha value is -2.37. The maximum absolute atomic E-state index is 13.1. The molecule has 5 nitrogen and oxygen atoms in total. The Morgan fingerprint density at radius 2 is 2.05 bits per heavy atom. The second-order valence-electron chi connectivity index (χ2n) is 5.23. The zero-order valence-electron chi connectivity index (χ0n) is 12.2. The molecule has 0 spiro atoms.